The van der Waals surface area contributed by atoms with Gasteiger partial charge in [-0.1, -0.05) is 48.9 Å². The predicted octanol–water partition coefficient (Wildman–Crippen LogP) is 2.47. The van der Waals surface area contributed by atoms with Gasteiger partial charge in [0.1, 0.15) is 6.54 Å². The van der Waals surface area contributed by atoms with E-state index in [0.717, 1.165) is 33.7 Å². The van der Waals surface area contributed by atoms with Crippen LogP contribution in [-0.2, 0) is 21.2 Å². The summed E-state index contributed by atoms with van der Waals surface area (Å²) < 4.78 is 25.2. The van der Waals surface area contributed by atoms with E-state index in [9.17, 15) is 13.2 Å². The van der Waals surface area contributed by atoms with E-state index in [1.165, 1.54) is 6.21 Å². The smallest absolute Gasteiger partial charge is 0.260 e. The fraction of sp³-hybridized carbons (Fsp3) is 0.263. The molecule has 0 radical (unpaired) electrons. The van der Waals surface area contributed by atoms with Crippen LogP contribution in [0.3, 0.4) is 0 Å². The lowest BCUT2D eigenvalue weighted by Crippen LogP contribution is -2.39. The highest BCUT2D eigenvalue weighted by Gasteiger charge is 2.20. The molecule has 1 N–H and O–H groups in total. The molecule has 0 aliphatic rings. The van der Waals surface area contributed by atoms with Crippen molar-refractivity contribution in [3.63, 3.8) is 0 Å². The molecule has 0 aliphatic heterocycles. The summed E-state index contributed by atoms with van der Waals surface area (Å²) >= 11 is 0. The van der Waals surface area contributed by atoms with Crippen LogP contribution in [0.5, 0.6) is 0 Å². The van der Waals surface area contributed by atoms with Gasteiger partial charge in [0.2, 0.25) is 10.0 Å². The molecule has 6 nitrogen and oxygen atoms in total. The maximum absolute atomic E-state index is 12.1. The minimum Gasteiger partial charge on any atom is -0.271 e. The van der Waals surface area contributed by atoms with Crippen LogP contribution in [0.15, 0.2) is 53.6 Å². The zero-order valence-corrected chi connectivity index (χ0v) is 16.0. The lowest BCUT2D eigenvalue weighted by atomic mass is 10.1. The molecule has 7 heteroatoms. The summed E-state index contributed by atoms with van der Waals surface area (Å²) in [6.07, 6.45) is 3.44. The number of aryl methyl sites for hydroxylation is 2. The van der Waals surface area contributed by atoms with Gasteiger partial charge in [0, 0.05) is 0 Å². The molecule has 0 spiro atoms. The van der Waals surface area contributed by atoms with Gasteiger partial charge in [0.25, 0.3) is 5.91 Å². The first-order valence-corrected chi connectivity index (χ1v) is 10.1. The third-order valence-electron chi connectivity index (χ3n) is 3.80. The van der Waals surface area contributed by atoms with Crippen molar-refractivity contribution in [3.8, 4) is 0 Å². The molecule has 0 fully saturated rings. The minimum atomic E-state index is -3.59. The molecule has 0 unspecified atom stereocenters. The molecule has 0 saturated heterocycles. The highest BCUT2D eigenvalue weighted by Crippen LogP contribution is 2.18. The predicted molar refractivity (Wildman–Crippen MR) is 105 cm³/mol. The van der Waals surface area contributed by atoms with Crippen LogP contribution in [-0.4, -0.2) is 33.3 Å². The topological polar surface area (TPSA) is 78.8 Å². The fourth-order valence-electron chi connectivity index (χ4n) is 2.30. The standard InChI is InChI=1S/C19H23N3O3S/c1-4-16-9-11-18(12-10-16)22(26(3,24)25)14-19(23)21-20-13-17-7-5-15(2)6-8-17/h5-13H,4,14H2,1-3H3,(H,21,23)/b20-13-. The van der Waals surface area contributed by atoms with E-state index in [0.29, 0.717) is 5.69 Å². The second kappa shape index (κ2) is 8.62. The average Bonchev–Trinajstić information content (AvgIpc) is 2.60. The number of anilines is 1. The molecule has 0 saturated carbocycles. The normalized spacial score (nSPS) is 11.5. The zero-order valence-electron chi connectivity index (χ0n) is 15.1. The molecule has 2 rings (SSSR count). The van der Waals surface area contributed by atoms with E-state index in [1.54, 1.807) is 12.1 Å². The quantitative estimate of drug-likeness (QED) is 0.598. The molecule has 0 bridgehead atoms. The van der Waals surface area contributed by atoms with Crippen LogP contribution >= 0.6 is 0 Å². The molecule has 2 aromatic rings. The summed E-state index contributed by atoms with van der Waals surface area (Å²) in [5.41, 5.74) is 5.87. The number of benzene rings is 2. The maximum atomic E-state index is 12.1. The van der Waals surface area contributed by atoms with E-state index in [2.05, 4.69) is 10.5 Å². The third kappa shape index (κ3) is 5.70. The molecule has 26 heavy (non-hydrogen) atoms. The van der Waals surface area contributed by atoms with Crippen molar-refractivity contribution in [2.75, 3.05) is 17.1 Å². The van der Waals surface area contributed by atoms with E-state index in [4.69, 9.17) is 0 Å². The van der Waals surface area contributed by atoms with E-state index in [-0.39, 0.29) is 6.54 Å². The molecule has 2 aromatic carbocycles. The number of hydrazone groups is 1. The summed E-state index contributed by atoms with van der Waals surface area (Å²) in [7, 11) is -3.59. The molecule has 0 aromatic heterocycles. The lowest BCUT2D eigenvalue weighted by Gasteiger charge is -2.21. The summed E-state index contributed by atoms with van der Waals surface area (Å²) in [4.78, 5) is 12.1. The summed E-state index contributed by atoms with van der Waals surface area (Å²) in [6, 6.07) is 14.7. The molecule has 0 aliphatic carbocycles. The van der Waals surface area contributed by atoms with Crippen molar-refractivity contribution in [2.24, 2.45) is 5.10 Å². The van der Waals surface area contributed by atoms with Gasteiger partial charge in [-0.25, -0.2) is 13.8 Å². The average molecular weight is 373 g/mol. The molecular weight excluding hydrogens is 350 g/mol. The van der Waals surface area contributed by atoms with Crippen LogP contribution in [0.25, 0.3) is 0 Å². The molecular formula is C19H23N3O3S. The van der Waals surface area contributed by atoms with Gasteiger partial charge in [-0.15, -0.1) is 0 Å². The Morgan fingerprint density at radius 3 is 2.27 bits per heavy atom. The second-order valence-electron chi connectivity index (χ2n) is 5.99. The Labute approximate surface area is 154 Å². The van der Waals surface area contributed by atoms with Gasteiger partial charge in [-0.05, 0) is 36.6 Å². The Morgan fingerprint density at radius 2 is 1.73 bits per heavy atom. The number of amides is 1. The zero-order chi connectivity index (χ0) is 19.2. The Morgan fingerprint density at radius 1 is 1.12 bits per heavy atom. The first kappa shape index (κ1) is 19.7. The van der Waals surface area contributed by atoms with Gasteiger partial charge in [-0.3, -0.25) is 9.10 Å². The highest BCUT2D eigenvalue weighted by molar-refractivity contribution is 7.92. The number of carbonyl (C=O) groups excluding carboxylic acids is 1. The summed E-state index contributed by atoms with van der Waals surface area (Å²) in [5.74, 6) is -0.515. The molecule has 0 atom stereocenters. The van der Waals surface area contributed by atoms with Gasteiger partial charge < -0.3 is 0 Å². The number of sulfonamides is 1. The summed E-state index contributed by atoms with van der Waals surface area (Å²) in [6.45, 7) is 3.66. The van der Waals surface area contributed by atoms with Crippen molar-refractivity contribution in [1.82, 2.24) is 5.43 Å². The van der Waals surface area contributed by atoms with Crippen LogP contribution in [0.1, 0.15) is 23.6 Å². The largest absolute Gasteiger partial charge is 0.271 e. The Bertz CT molecular complexity index is 873. The van der Waals surface area contributed by atoms with E-state index < -0.39 is 15.9 Å². The van der Waals surface area contributed by atoms with Gasteiger partial charge in [-0.2, -0.15) is 5.10 Å². The Hall–Kier alpha value is -2.67. The van der Waals surface area contributed by atoms with Gasteiger partial charge in [0.15, 0.2) is 0 Å². The van der Waals surface area contributed by atoms with Crippen molar-refractivity contribution >= 4 is 27.8 Å². The molecule has 138 valence electrons. The van der Waals surface area contributed by atoms with Crippen molar-refractivity contribution in [1.29, 1.82) is 0 Å². The Balaban J connectivity index is 2.05. The maximum Gasteiger partial charge on any atom is 0.260 e. The third-order valence-corrected chi connectivity index (χ3v) is 4.94. The van der Waals surface area contributed by atoms with Crippen LogP contribution < -0.4 is 9.73 Å². The van der Waals surface area contributed by atoms with E-state index >= 15 is 0 Å². The molecule has 0 heterocycles. The SMILES string of the molecule is CCc1ccc(N(CC(=O)N/N=C\c2ccc(C)cc2)S(C)(=O)=O)cc1. The van der Waals surface area contributed by atoms with Crippen molar-refractivity contribution < 1.29 is 13.2 Å². The monoisotopic (exact) mass is 373 g/mol. The number of rotatable bonds is 7. The fourth-order valence-corrected chi connectivity index (χ4v) is 3.15. The number of hydrogen-bond acceptors (Lipinski definition) is 4. The first-order chi connectivity index (χ1) is 12.3. The minimum absolute atomic E-state index is 0.338. The van der Waals surface area contributed by atoms with Crippen LogP contribution in [0.2, 0.25) is 0 Å². The van der Waals surface area contributed by atoms with Gasteiger partial charge in [0.05, 0.1) is 18.2 Å². The van der Waals surface area contributed by atoms with Crippen LogP contribution in [0.4, 0.5) is 5.69 Å². The lowest BCUT2D eigenvalue weighted by molar-refractivity contribution is -0.119. The van der Waals surface area contributed by atoms with Crippen molar-refractivity contribution in [2.45, 2.75) is 20.3 Å². The Kier molecular flexibility index (Phi) is 6.52. The number of nitrogens with one attached hydrogen (secondary N) is 1. The second-order valence-corrected chi connectivity index (χ2v) is 7.90. The van der Waals surface area contributed by atoms with Crippen molar-refractivity contribution in [3.05, 3.63) is 65.2 Å². The first-order valence-electron chi connectivity index (χ1n) is 8.25. The number of carbonyl (C=O) groups is 1. The summed E-state index contributed by atoms with van der Waals surface area (Å²) in [5, 5.41) is 3.88. The highest BCUT2D eigenvalue weighted by atomic mass is 32.2. The number of nitrogens with zero attached hydrogens (tertiary/aromatic N) is 2. The van der Waals surface area contributed by atoms with Gasteiger partial charge >= 0.3 is 0 Å². The van der Waals surface area contributed by atoms with E-state index in [1.807, 2.05) is 50.2 Å². The number of hydrogen-bond donors (Lipinski definition) is 1. The van der Waals surface area contributed by atoms with Crippen LogP contribution in [0, 0.1) is 6.92 Å². The molecule has 1 amide bonds.